The summed E-state index contributed by atoms with van der Waals surface area (Å²) in [5.74, 6) is -0.388. The van der Waals surface area contributed by atoms with E-state index in [0.717, 1.165) is 11.1 Å². The molecular weight excluding hydrogens is 252 g/mol. The van der Waals surface area contributed by atoms with E-state index in [1.54, 1.807) is 0 Å². The summed E-state index contributed by atoms with van der Waals surface area (Å²) in [7, 11) is 0. The number of nitrogens with zero attached hydrogens (tertiary/aromatic N) is 1. The number of aryl methyl sites for hydroxylation is 2. The molecule has 0 aliphatic carbocycles. The molecule has 20 heavy (non-hydrogen) atoms. The smallest absolute Gasteiger partial charge is 0.231 e. The quantitative estimate of drug-likeness (QED) is 0.809. The Labute approximate surface area is 121 Å². The molecule has 0 aliphatic heterocycles. The van der Waals surface area contributed by atoms with Gasteiger partial charge in [-0.3, -0.25) is 14.5 Å². The van der Waals surface area contributed by atoms with Crippen molar-refractivity contribution in [3.63, 3.8) is 0 Å². The average Bonchev–Trinajstić information content (AvgIpc) is 2.36. The number of ketones is 1. The molecule has 0 spiro atoms. The maximum Gasteiger partial charge on any atom is 0.231 e. The van der Waals surface area contributed by atoms with Gasteiger partial charge in [0.2, 0.25) is 5.91 Å². The van der Waals surface area contributed by atoms with Crippen molar-refractivity contribution in [2.45, 2.75) is 46.7 Å². The SMILES string of the molecule is Cc1ccc(C)c(C(=O)C(C)N(CC(N)=O)C(C)C)c1. The van der Waals surface area contributed by atoms with Gasteiger partial charge in [0.25, 0.3) is 0 Å². The minimum Gasteiger partial charge on any atom is -0.369 e. The summed E-state index contributed by atoms with van der Waals surface area (Å²) in [6.07, 6.45) is 0. The Morgan fingerprint density at radius 2 is 1.80 bits per heavy atom. The standard InChI is InChI=1S/C16H24N2O2/c1-10(2)18(9-15(17)19)13(5)16(20)14-8-11(3)6-7-12(14)4/h6-8,10,13H,9H2,1-5H3,(H2,17,19). The molecule has 1 amide bonds. The van der Waals surface area contributed by atoms with Gasteiger partial charge in [0.15, 0.2) is 5.78 Å². The van der Waals surface area contributed by atoms with Crippen molar-refractivity contribution in [2.75, 3.05) is 6.54 Å². The van der Waals surface area contributed by atoms with Gasteiger partial charge < -0.3 is 5.73 Å². The zero-order chi connectivity index (χ0) is 15.4. The number of rotatable bonds is 6. The van der Waals surface area contributed by atoms with Crippen LogP contribution in [0.5, 0.6) is 0 Å². The molecule has 0 radical (unpaired) electrons. The van der Waals surface area contributed by atoms with Crippen LogP contribution < -0.4 is 5.73 Å². The number of carbonyl (C=O) groups excluding carboxylic acids is 2. The third-order valence-electron chi connectivity index (χ3n) is 3.54. The van der Waals surface area contributed by atoms with Crippen LogP contribution in [0.15, 0.2) is 18.2 Å². The molecule has 1 aromatic carbocycles. The predicted octanol–water partition coefficient (Wildman–Crippen LogP) is 2.07. The highest BCUT2D eigenvalue weighted by atomic mass is 16.1. The number of hydrogen-bond acceptors (Lipinski definition) is 3. The Bertz CT molecular complexity index is 509. The maximum atomic E-state index is 12.7. The number of Topliss-reactive ketones (excluding diaryl/α,β-unsaturated/α-hetero) is 1. The number of carbonyl (C=O) groups is 2. The van der Waals surface area contributed by atoms with Gasteiger partial charge in [-0.15, -0.1) is 0 Å². The summed E-state index contributed by atoms with van der Waals surface area (Å²) in [5, 5.41) is 0. The van der Waals surface area contributed by atoms with Crippen molar-refractivity contribution >= 4 is 11.7 Å². The fraction of sp³-hybridized carbons (Fsp3) is 0.500. The van der Waals surface area contributed by atoms with E-state index in [0.29, 0.717) is 5.56 Å². The van der Waals surface area contributed by atoms with Crippen LogP contribution >= 0.6 is 0 Å². The first-order chi connectivity index (χ1) is 9.23. The second-order valence-corrected chi connectivity index (χ2v) is 5.59. The number of hydrogen-bond donors (Lipinski definition) is 1. The maximum absolute atomic E-state index is 12.7. The molecule has 0 heterocycles. The molecule has 4 heteroatoms. The minimum absolute atomic E-state index is 0.0288. The summed E-state index contributed by atoms with van der Waals surface area (Å²) in [4.78, 5) is 25.6. The Morgan fingerprint density at radius 1 is 1.20 bits per heavy atom. The van der Waals surface area contributed by atoms with Gasteiger partial charge in [-0.1, -0.05) is 17.7 Å². The van der Waals surface area contributed by atoms with Gasteiger partial charge in [-0.05, 0) is 46.2 Å². The van der Waals surface area contributed by atoms with E-state index in [9.17, 15) is 9.59 Å². The highest BCUT2D eigenvalue weighted by Gasteiger charge is 2.26. The number of primary amides is 1. The topological polar surface area (TPSA) is 63.4 Å². The highest BCUT2D eigenvalue weighted by molar-refractivity contribution is 6.01. The van der Waals surface area contributed by atoms with Gasteiger partial charge in [0.05, 0.1) is 12.6 Å². The van der Waals surface area contributed by atoms with Crippen LogP contribution in [-0.4, -0.2) is 35.2 Å². The molecule has 110 valence electrons. The number of amides is 1. The first-order valence-electron chi connectivity index (χ1n) is 6.89. The molecule has 0 fully saturated rings. The summed E-state index contributed by atoms with van der Waals surface area (Å²) < 4.78 is 0. The van der Waals surface area contributed by atoms with Gasteiger partial charge in [0.1, 0.15) is 0 Å². The van der Waals surface area contributed by atoms with Crippen molar-refractivity contribution in [2.24, 2.45) is 5.73 Å². The van der Waals surface area contributed by atoms with E-state index in [-0.39, 0.29) is 24.4 Å². The third-order valence-corrected chi connectivity index (χ3v) is 3.54. The largest absolute Gasteiger partial charge is 0.369 e. The van der Waals surface area contributed by atoms with Crippen LogP contribution in [-0.2, 0) is 4.79 Å². The zero-order valence-electron chi connectivity index (χ0n) is 12.9. The Balaban J connectivity index is 3.04. The molecule has 0 aromatic heterocycles. The van der Waals surface area contributed by atoms with Gasteiger partial charge >= 0.3 is 0 Å². The van der Waals surface area contributed by atoms with Crippen molar-refractivity contribution in [3.8, 4) is 0 Å². The summed E-state index contributed by atoms with van der Waals surface area (Å²) in [6, 6.07) is 5.54. The van der Waals surface area contributed by atoms with E-state index >= 15 is 0 Å². The first kappa shape index (κ1) is 16.4. The molecule has 1 atom stereocenters. The van der Waals surface area contributed by atoms with Crippen LogP contribution in [0.4, 0.5) is 0 Å². The summed E-state index contributed by atoms with van der Waals surface area (Å²) in [6.45, 7) is 9.71. The Kier molecular flexibility index (Phi) is 5.45. The lowest BCUT2D eigenvalue weighted by Gasteiger charge is -2.30. The van der Waals surface area contributed by atoms with Crippen molar-refractivity contribution < 1.29 is 9.59 Å². The lowest BCUT2D eigenvalue weighted by molar-refractivity contribution is -0.119. The van der Waals surface area contributed by atoms with Crippen LogP contribution in [0.25, 0.3) is 0 Å². The molecule has 0 saturated carbocycles. The molecule has 1 aromatic rings. The molecule has 4 nitrogen and oxygen atoms in total. The minimum atomic E-state index is -0.417. The molecular formula is C16H24N2O2. The van der Waals surface area contributed by atoms with E-state index < -0.39 is 5.91 Å². The molecule has 0 bridgehead atoms. The average molecular weight is 276 g/mol. The molecule has 0 saturated heterocycles. The summed E-state index contributed by atoms with van der Waals surface area (Å²) in [5.41, 5.74) is 7.99. The normalized spacial score (nSPS) is 12.8. The molecule has 2 N–H and O–H groups in total. The van der Waals surface area contributed by atoms with Crippen molar-refractivity contribution in [1.82, 2.24) is 4.90 Å². The predicted molar refractivity (Wildman–Crippen MR) is 80.7 cm³/mol. The number of benzene rings is 1. The second kappa shape index (κ2) is 6.66. The fourth-order valence-electron chi connectivity index (χ4n) is 2.32. The molecule has 0 aliphatic rings. The molecule has 1 unspecified atom stereocenters. The van der Waals surface area contributed by atoms with Crippen LogP contribution in [0.1, 0.15) is 42.3 Å². The van der Waals surface area contributed by atoms with Crippen LogP contribution in [0, 0.1) is 13.8 Å². The van der Waals surface area contributed by atoms with E-state index in [2.05, 4.69) is 0 Å². The second-order valence-electron chi connectivity index (χ2n) is 5.59. The van der Waals surface area contributed by atoms with E-state index in [1.807, 2.05) is 57.7 Å². The van der Waals surface area contributed by atoms with Crippen molar-refractivity contribution in [3.05, 3.63) is 34.9 Å². The molecule has 1 rings (SSSR count). The Morgan fingerprint density at radius 3 is 2.30 bits per heavy atom. The van der Waals surface area contributed by atoms with E-state index in [1.165, 1.54) is 0 Å². The summed E-state index contributed by atoms with van der Waals surface area (Å²) >= 11 is 0. The zero-order valence-corrected chi connectivity index (χ0v) is 12.9. The monoisotopic (exact) mass is 276 g/mol. The van der Waals surface area contributed by atoms with Gasteiger partial charge in [0, 0.05) is 11.6 Å². The number of nitrogens with two attached hydrogens (primary N) is 1. The highest BCUT2D eigenvalue weighted by Crippen LogP contribution is 2.16. The first-order valence-corrected chi connectivity index (χ1v) is 6.89. The lowest BCUT2D eigenvalue weighted by Crippen LogP contribution is -2.47. The van der Waals surface area contributed by atoms with E-state index in [4.69, 9.17) is 5.73 Å². The van der Waals surface area contributed by atoms with Crippen LogP contribution in [0.3, 0.4) is 0 Å². The van der Waals surface area contributed by atoms with Crippen molar-refractivity contribution in [1.29, 1.82) is 0 Å². The fourth-order valence-corrected chi connectivity index (χ4v) is 2.32. The van der Waals surface area contributed by atoms with Gasteiger partial charge in [-0.25, -0.2) is 0 Å². The van der Waals surface area contributed by atoms with Crippen LogP contribution in [0.2, 0.25) is 0 Å². The van der Waals surface area contributed by atoms with Gasteiger partial charge in [-0.2, -0.15) is 0 Å². The third kappa shape index (κ3) is 3.90. The lowest BCUT2D eigenvalue weighted by atomic mass is 9.97. The Hall–Kier alpha value is -1.68.